The van der Waals surface area contributed by atoms with E-state index >= 15 is 0 Å². The number of aliphatic hydroxyl groups is 1. The normalized spacial score (nSPS) is 25.3. The van der Waals surface area contributed by atoms with Gasteiger partial charge in [-0.2, -0.15) is 0 Å². The first-order chi connectivity index (χ1) is 30.6. The van der Waals surface area contributed by atoms with Crippen molar-refractivity contribution in [2.24, 2.45) is 23.3 Å². The van der Waals surface area contributed by atoms with Gasteiger partial charge in [0.2, 0.25) is 53.2 Å². The topological polar surface area (TPSA) is 425 Å². The fourth-order valence-corrected chi connectivity index (χ4v) is 6.51. The number of carbonyl (C=O) groups excluding carboxylic acids is 9. The fourth-order valence-electron chi connectivity index (χ4n) is 6.51. The maximum atomic E-state index is 14.0. The van der Waals surface area contributed by atoms with Crippen molar-refractivity contribution >= 4 is 65.1 Å². The van der Waals surface area contributed by atoms with Crippen LogP contribution in [0.3, 0.4) is 0 Å². The molecule has 1 aliphatic rings. The van der Waals surface area contributed by atoms with Crippen LogP contribution in [0.1, 0.15) is 84.8 Å². The van der Waals surface area contributed by atoms with Crippen molar-refractivity contribution in [3.8, 4) is 0 Å². The highest BCUT2D eigenvalue weighted by molar-refractivity contribution is 6.00. The summed E-state index contributed by atoms with van der Waals surface area (Å²) in [5.74, 6) is -14.4. The summed E-state index contributed by atoms with van der Waals surface area (Å²) < 4.78 is 0. The van der Waals surface area contributed by atoms with Crippen molar-refractivity contribution in [2.45, 2.75) is 134 Å². The molecule has 1 fully saturated rings. The Balaban J connectivity index is 2.80. The van der Waals surface area contributed by atoms with Crippen molar-refractivity contribution in [1.29, 1.82) is 0 Å². The number of hydrogen-bond donors (Lipinski definition) is 14. The molecule has 0 aliphatic carbocycles. The second-order valence-electron chi connectivity index (χ2n) is 16.0. The summed E-state index contributed by atoms with van der Waals surface area (Å²) in [6, 6.07) is -13.6. The summed E-state index contributed by atoms with van der Waals surface area (Å²) in [6.45, 7) is 5.62. The fraction of sp³-hybridized carbons (Fsp3) is 0.641. The Kier molecular flexibility index (Phi) is 22.5. The van der Waals surface area contributed by atoms with E-state index in [1.54, 1.807) is 27.7 Å². The Morgan fingerprint density at radius 3 is 1.55 bits per heavy atom. The van der Waals surface area contributed by atoms with E-state index in [1.807, 2.05) is 0 Å². The Hall–Kier alpha value is -6.70. The smallest absolute Gasteiger partial charge is 0.305 e. The number of amides is 9. The van der Waals surface area contributed by atoms with Gasteiger partial charge in [-0.25, -0.2) is 4.98 Å². The molecule has 0 radical (unpaired) electrons. The molecule has 0 bridgehead atoms. The van der Waals surface area contributed by atoms with Crippen LogP contribution in [0, 0.1) is 11.8 Å². The standard InChI is InChI=1S/C39H62N12O14/c1-5-19(4)31-39(65)49-26(14-30(56)57)36(62)47-24(12-28(41)53)35(61)45-22(10-18(2)3)33(59)48-25(13-29(54)55)37(63)50-27(16-52)38(64)46-23(11-20-15-42-17-43-20)34(60)44-21(32(58)51-31)8-6-7-9-40/h15,17-19,21-27,31,52H,5-14,16,40H2,1-4H3,(H2,41,53)(H,42,43)(H,44,60)(H,45,61)(H,46,64)(H,47,62)(H,48,59)(H,49,65)(H,50,63)(H,51,58)(H,54,55)(H,56,57)/t19-,21-,22-,23-,24-,25-,26-,27-,31-/m0/s1. The lowest BCUT2D eigenvalue weighted by molar-refractivity contribution is -0.143. The first kappa shape index (κ1) is 54.4. The number of primary amides is 1. The van der Waals surface area contributed by atoms with Crippen LogP contribution in [0.4, 0.5) is 0 Å². The Morgan fingerprint density at radius 1 is 0.631 bits per heavy atom. The van der Waals surface area contributed by atoms with Gasteiger partial charge < -0.3 is 74.3 Å². The quantitative estimate of drug-likeness (QED) is 0.0650. The number of unbranched alkanes of at least 4 members (excludes halogenated alkanes) is 1. The zero-order valence-electron chi connectivity index (χ0n) is 36.6. The Labute approximate surface area is 373 Å². The third-order valence-corrected chi connectivity index (χ3v) is 10.2. The molecule has 0 saturated carbocycles. The lowest BCUT2D eigenvalue weighted by Crippen LogP contribution is -2.62. The second kappa shape index (κ2) is 26.8. The molecule has 9 atom stereocenters. The van der Waals surface area contributed by atoms with Crippen molar-refractivity contribution < 1.29 is 68.1 Å². The molecular formula is C39H62N12O14. The number of nitrogens with zero attached hydrogens (tertiary/aromatic N) is 1. The summed E-state index contributed by atoms with van der Waals surface area (Å²) in [7, 11) is 0. The monoisotopic (exact) mass is 922 g/mol. The highest BCUT2D eigenvalue weighted by Gasteiger charge is 2.38. The highest BCUT2D eigenvalue weighted by Crippen LogP contribution is 2.13. The van der Waals surface area contributed by atoms with Gasteiger partial charge in [-0.3, -0.25) is 52.7 Å². The summed E-state index contributed by atoms with van der Waals surface area (Å²) in [6.07, 6.45) is -0.00885. The minimum absolute atomic E-state index is 0.0499. The molecule has 26 heteroatoms. The number of aliphatic hydroxyl groups excluding tert-OH is 1. The van der Waals surface area contributed by atoms with Gasteiger partial charge in [0.05, 0.1) is 32.2 Å². The van der Waals surface area contributed by atoms with Crippen LogP contribution >= 0.6 is 0 Å². The molecule has 0 unspecified atom stereocenters. The summed E-state index contributed by atoms with van der Waals surface area (Å²) >= 11 is 0. The number of H-pyrrole nitrogens is 1. The minimum atomic E-state index is -1.95. The van der Waals surface area contributed by atoms with Gasteiger partial charge in [-0.15, -0.1) is 0 Å². The van der Waals surface area contributed by atoms with Gasteiger partial charge in [0, 0.05) is 18.3 Å². The average molecular weight is 923 g/mol. The summed E-state index contributed by atoms with van der Waals surface area (Å²) in [5, 5.41) is 48.3. The molecular weight excluding hydrogens is 860 g/mol. The molecule has 0 aromatic carbocycles. The minimum Gasteiger partial charge on any atom is -0.481 e. The van der Waals surface area contributed by atoms with E-state index in [0.717, 1.165) is 0 Å². The lowest BCUT2D eigenvalue weighted by atomic mass is 9.96. The van der Waals surface area contributed by atoms with E-state index in [0.29, 0.717) is 12.1 Å². The van der Waals surface area contributed by atoms with Gasteiger partial charge in [0.15, 0.2) is 0 Å². The number of aliphatic carboxylic acids is 2. The third kappa shape index (κ3) is 18.5. The maximum Gasteiger partial charge on any atom is 0.305 e. The Bertz CT molecular complexity index is 1860. The van der Waals surface area contributed by atoms with Crippen molar-refractivity contribution in [1.82, 2.24) is 52.5 Å². The predicted molar refractivity (Wildman–Crippen MR) is 225 cm³/mol. The van der Waals surface area contributed by atoms with Crippen LogP contribution in [0.15, 0.2) is 12.5 Å². The number of aromatic amines is 1. The van der Waals surface area contributed by atoms with Gasteiger partial charge >= 0.3 is 11.9 Å². The number of hydrogen-bond acceptors (Lipinski definition) is 14. The van der Waals surface area contributed by atoms with Crippen LogP contribution in [-0.2, 0) is 59.2 Å². The molecule has 9 amide bonds. The predicted octanol–water partition coefficient (Wildman–Crippen LogP) is -5.12. The average Bonchev–Trinajstić information content (AvgIpc) is 3.74. The zero-order valence-corrected chi connectivity index (χ0v) is 36.6. The Morgan fingerprint density at radius 2 is 1.08 bits per heavy atom. The van der Waals surface area contributed by atoms with E-state index in [-0.39, 0.29) is 44.6 Å². The number of carboxylic acid groups (broad SMARTS) is 2. The second-order valence-corrected chi connectivity index (χ2v) is 16.0. The molecule has 26 nitrogen and oxygen atoms in total. The first-order valence-corrected chi connectivity index (χ1v) is 21.0. The molecule has 0 spiro atoms. The number of rotatable bonds is 17. The van der Waals surface area contributed by atoms with Crippen LogP contribution in [0.2, 0.25) is 0 Å². The maximum absolute atomic E-state index is 14.0. The van der Waals surface area contributed by atoms with Crippen LogP contribution in [0.25, 0.3) is 0 Å². The van der Waals surface area contributed by atoms with Crippen molar-refractivity contribution in [3.63, 3.8) is 0 Å². The van der Waals surface area contributed by atoms with Gasteiger partial charge in [0.1, 0.15) is 48.3 Å². The molecule has 1 saturated heterocycles. The summed E-state index contributed by atoms with van der Waals surface area (Å²) in [5.41, 5.74) is 11.4. The number of imidazole rings is 1. The van der Waals surface area contributed by atoms with Crippen molar-refractivity contribution in [2.75, 3.05) is 13.2 Å². The van der Waals surface area contributed by atoms with E-state index in [9.17, 15) is 68.1 Å². The molecule has 1 aromatic rings. The molecule has 1 aliphatic heterocycles. The van der Waals surface area contributed by atoms with Crippen LogP contribution < -0.4 is 54.0 Å². The highest BCUT2D eigenvalue weighted by atomic mass is 16.4. The van der Waals surface area contributed by atoms with Crippen molar-refractivity contribution in [3.05, 3.63) is 18.2 Å². The van der Waals surface area contributed by atoms with Gasteiger partial charge in [-0.1, -0.05) is 34.1 Å². The molecule has 2 heterocycles. The first-order valence-electron chi connectivity index (χ1n) is 21.0. The van der Waals surface area contributed by atoms with Crippen LogP contribution in [0.5, 0.6) is 0 Å². The van der Waals surface area contributed by atoms with E-state index in [1.165, 1.54) is 12.5 Å². The number of carbonyl (C=O) groups is 11. The summed E-state index contributed by atoms with van der Waals surface area (Å²) in [4.78, 5) is 153. The molecule has 65 heavy (non-hydrogen) atoms. The molecule has 1 aromatic heterocycles. The van der Waals surface area contributed by atoms with E-state index in [2.05, 4.69) is 52.5 Å². The number of aromatic nitrogens is 2. The SMILES string of the molecule is CC[C@H](C)[C@@H]1NC(=O)[C@H](CCCCN)NC(=O)[C@H](Cc2cnc[nH]2)NC(=O)[C@H](CO)NC(=O)[C@H](CC(=O)O)NC(=O)[C@H](CC(C)C)NC(=O)[C@H](CC(N)=O)NC(=O)[C@H](CC(=O)O)NC1=O. The molecule has 16 N–H and O–H groups in total. The van der Waals surface area contributed by atoms with Gasteiger partial charge in [0.25, 0.3) is 0 Å². The van der Waals surface area contributed by atoms with E-state index < -0.39 is 145 Å². The largest absolute Gasteiger partial charge is 0.481 e. The zero-order chi connectivity index (χ0) is 49.0. The molecule has 362 valence electrons. The number of carboxylic acids is 2. The number of nitrogens with one attached hydrogen (secondary N) is 9. The third-order valence-electron chi connectivity index (χ3n) is 10.2. The van der Waals surface area contributed by atoms with E-state index in [4.69, 9.17) is 11.5 Å². The number of nitrogens with two attached hydrogens (primary N) is 2. The molecule has 2 rings (SSSR count). The van der Waals surface area contributed by atoms with Crippen LogP contribution in [-0.4, -0.2) is 152 Å². The van der Waals surface area contributed by atoms with Gasteiger partial charge in [-0.05, 0) is 44.1 Å². The lowest BCUT2D eigenvalue weighted by Gasteiger charge is -2.30.